The summed E-state index contributed by atoms with van der Waals surface area (Å²) < 4.78 is 45.8. The molecule has 2 aromatic heterocycles. The summed E-state index contributed by atoms with van der Waals surface area (Å²) in [5.41, 5.74) is 0.885. The number of pyridine rings is 2. The van der Waals surface area contributed by atoms with Crippen molar-refractivity contribution in [3.63, 3.8) is 0 Å². The number of rotatable bonds is 9. The first-order chi connectivity index (χ1) is 15.0. The van der Waals surface area contributed by atoms with E-state index < -0.39 is 25.9 Å². The summed E-state index contributed by atoms with van der Waals surface area (Å²) in [5.74, 6) is 0.558. The molecule has 0 saturated heterocycles. The van der Waals surface area contributed by atoms with Crippen molar-refractivity contribution in [2.45, 2.75) is 82.4 Å². The lowest BCUT2D eigenvalue weighted by Crippen LogP contribution is -2.43. The summed E-state index contributed by atoms with van der Waals surface area (Å²) in [6, 6.07) is 1.60. The van der Waals surface area contributed by atoms with E-state index >= 15 is 0 Å². The Kier molecular flexibility index (Phi) is 7.97. The quantitative estimate of drug-likeness (QED) is 0.397. The van der Waals surface area contributed by atoms with Crippen molar-refractivity contribution in [2.75, 3.05) is 5.75 Å². The topological polar surface area (TPSA) is 104 Å². The Hall–Kier alpha value is -1.13. The average molecular weight is 502 g/mol. The molecule has 0 unspecified atom stereocenters. The van der Waals surface area contributed by atoms with Gasteiger partial charge in [0.15, 0.2) is 9.84 Å². The molecule has 2 heterocycles. The maximum absolute atomic E-state index is 12.8. The van der Waals surface area contributed by atoms with Gasteiger partial charge in [-0.25, -0.2) is 18.4 Å². The van der Waals surface area contributed by atoms with E-state index in [9.17, 15) is 13.0 Å². The molecular weight excluding hydrogens is 470 g/mol. The fraction of sp³-hybridized carbons (Fsp3) is 0.636. The molecule has 1 aliphatic rings. The molecule has 1 aliphatic carbocycles. The molecule has 0 spiro atoms. The van der Waals surface area contributed by atoms with Crippen LogP contribution < -0.4 is 9.46 Å². The number of nitrogens with zero attached hydrogens (tertiary/aromatic N) is 2. The van der Waals surface area contributed by atoms with Gasteiger partial charge < -0.3 is 9.29 Å². The van der Waals surface area contributed by atoms with Gasteiger partial charge in [-0.3, -0.25) is 0 Å². The van der Waals surface area contributed by atoms with E-state index in [4.69, 9.17) is 16.3 Å². The number of aromatic nitrogens is 2. The molecule has 7 nitrogen and oxygen atoms in total. The Bertz CT molecular complexity index is 1050. The van der Waals surface area contributed by atoms with Gasteiger partial charge in [0.1, 0.15) is 16.0 Å². The summed E-state index contributed by atoms with van der Waals surface area (Å²) in [6.45, 7) is 9.53. The standard InChI is InChI=1S/C22H32ClN3O4S2/c1-6-8-19(26-31(27)22(3,4)5)17-12-25-21(18-13-24-20(23)11-16(17)18)30-14-9-15(10-14)32(28,29)7-2/h11-15,19,26H,6-10H2,1-5H3/t14-,15+,19-,31+/m1/s1. The molecular formula is C22H32ClN3O4S2. The molecule has 1 fully saturated rings. The molecule has 1 N–H and O–H groups in total. The number of hydrogen-bond donors (Lipinski definition) is 1. The predicted molar refractivity (Wildman–Crippen MR) is 130 cm³/mol. The maximum atomic E-state index is 12.8. The Morgan fingerprint density at radius 3 is 2.53 bits per heavy atom. The molecule has 0 bridgehead atoms. The van der Waals surface area contributed by atoms with E-state index in [1.807, 2.05) is 20.8 Å². The largest absolute Gasteiger partial charge is 0.598 e. The van der Waals surface area contributed by atoms with Gasteiger partial charge in [0.05, 0.1) is 16.7 Å². The number of sulfone groups is 1. The highest BCUT2D eigenvalue weighted by Crippen LogP contribution is 2.37. The van der Waals surface area contributed by atoms with Crippen LogP contribution >= 0.6 is 11.6 Å². The lowest BCUT2D eigenvalue weighted by molar-refractivity contribution is 0.119. The number of fused-ring (bicyclic) bond motifs is 1. The van der Waals surface area contributed by atoms with Gasteiger partial charge >= 0.3 is 0 Å². The summed E-state index contributed by atoms with van der Waals surface area (Å²) >= 11 is 4.96. The SMILES string of the molecule is CCC[C@@H](N[S@@+]([O-])C(C)(C)C)c1cnc(O[C@H]2C[C@@H](S(=O)(=O)CC)C2)c2cnc(Cl)cc12. The van der Waals surface area contributed by atoms with E-state index in [-0.39, 0.29) is 23.1 Å². The van der Waals surface area contributed by atoms with Gasteiger partial charge in [0.2, 0.25) is 5.88 Å². The molecule has 0 amide bonds. The van der Waals surface area contributed by atoms with Crippen molar-refractivity contribution in [1.82, 2.24) is 14.7 Å². The lowest BCUT2D eigenvalue weighted by Gasteiger charge is -2.34. The fourth-order valence-electron chi connectivity index (χ4n) is 3.65. The normalized spacial score (nSPS) is 21.2. The van der Waals surface area contributed by atoms with Crippen molar-refractivity contribution in [3.8, 4) is 5.88 Å². The van der Waals surface area contributed by atoms with Crippen LogP contribution in [-0.4, -0.2) is 44.8 Å². The smallest absolute Gasteiger partial charge is 0.223 e. The second kappa shape index (κ2) is 10.0. The molecule has 0 aliphatic heterocycles. The van der Waals surface area contributed by atoms with Crippen LogP contribution in [0.1, 0.15) is 71.9 Å². The number of nitrogens with one attached hydrogen (secondary N) is 1. The van der Waals surface area contributed by atoms with Gasteiger partial charge in [-0.2, -0.15) is 0 Å². The zero-order chi connectivity index (χ0) is 23.7. The third-order valence-electron chi connectivity index (χ3n) is 5.73. The average Bonchev–Trinajstić information content (AvgIpc) is 2.68. The molecule has 32 heavy (non-hydrogen) atoms. The zero-order valence-electron chi connectivity index (χ0n) is 19.2. The van der Waals surface area contributed by atoms with Gasteiger partial charge in [-0.1, -0.05) is 31.9 Å². The van der Waals surface area contributed by atoms with Crippen LogP contribution in [0.5, 0.6) is 5.88 Å². The monoisotopic (exact) mass is 501 g/mol. The van der Waals surface area contributed by atoms with E-state index in [0.717, 1.165) is 23.8 Å². The van der Waals surface area contributed by atoms with Gasteiger partial charge in [-0.05, 0) is 38.6 Å². The highest BCUT2D eigenvalue weighted by atomic mass is 35.5. The van der Waals surface area contributed by atoms with Crippen LogP contribution in [0.4, 0.5) is 0 Å². The highest BCUT2D eigenvalue weighted by Gasteiger charge is 2.39. The first-order valence-electron chi connectivity index (χ1n) is 11.0. The van der Waals surface area contributed by atoms with E-state index in [2.05, 4.69) is 21.6 Å². The summed E-state index contributed by atoms with van der Waals surface area (Å²) in [4.78, 5) is 8.75. The maximum Gasteiger partial charge on any atom is 0.223 e. The molecule has 2 aromatic rings. The van der Waals surface area contributed by atoms with E-state index in [0.29, 0.717) is 29.3 Å². The van der Waals surface area contributed by atoms with Crippen LogP contribution in [-0.2, 0) is 21.2 Å². The minimum absolute atomic E-state index is 0.143. The number of ether oxygens (including phenoxy) is 1. The van der Waals surface area contributed by atoms with Crippen LogP contribution in [0.3, 0.4) is 0 Å². The van der Waals surface area contributed by atoms with Crippen molar-refractivity contribution >= 4 is 43.6 Å². The third kappa shape index (κ3) is 5.67. The van der Waals surface area contributed by atoms with Crippen LogP contribution in [0.25, 0.3) is 10.8 Å². The van der Waals surface area contributed by atoms with Crippen molar-refractivity contribution in [2.24, 2.45) is 0 Å². The Labute approximate surface area is 198 Å². The molecule has 10 heteroatoms. The van der Waals surface area contributed by atoms with E-state index in [1.165, 1.54) is 0 Å². The van der Waals surface area contributed by atoms with Crippen molar-refractivity contribution < 1.29 is 17.7 Å². The van der Waals surface area contributed by atoms with Gasteiger partial charge in [0, 0.05) is 47.9 Å². The predicted octanol–water partition coefficient (Wildman–Crippen LogP) is 4.52. The van der Waals surface area contributed by atoms with E-state index in [1.54, 1.807) is 25.4 Å². The molecule has 0 radical (unpaired) electrons. The van der Waals surface area contributed by atoms with Crippen LogP contribution in [0, 0.1) is 0 Å². The van der Waals surface area contributed by atoms with Crippen molar-refractivity contribution in [1.29, 1.82) is 0 Å². The zero-order valence-corrected chi connectivity index (χ0v) is 21.6. The van der Waals surface area contributed by atoms with Crippen molar-refractivity contribution in [3.05, 3.63) is 29.2 Å². The first-order valence-corrected chi connectivity index (χ1v) is 14.2. The molecule has 0 aromatic carbocycles. The Morgan fingerprint density at radius 2 is 1.94 bits per heavy atom. The minimum Gasteiger partial charge on any atom is -0.598 e. The number of hydrogen-bond acceptors (Lipinski definition) is 7. The second-order valence-corrected chi connectivity index (χ2v) is 14.2. The summed E-state index contributed by atoms with van der Waals surface area (Å²) in [6.07, 6.45) is 5.77. The minimum atomic E-state index is -3.05. The summed E-state index contributed by atoms with van der Waals surface area (Å²) in [7, 11) is -3.05. The van der Waals surface area contributed by atoms with Gasteiger partial charge in [0.25, 0.3) is 0 Å². The Balaban J connectivity index is 1.90. The van der Waals surface area contributed by atoms with Crippen LogP contribution in [0.2, 0.25) is 5.15 Å². The molecule has 1 saturated carbocycles. The fourth-order valence-corrected chi connectivity index (χ4v) is 6.15. The Morgan fingerprint density at radius 1 is 1.25 bits per heavy atom. The summed E-state index contributed by atoms with van der Waals surface area (Å²) in [5, 5.41) is 1.55. The lowest BCUT2D eigenvalue weighted by atomic mass is 9.95. The van der Waals surface area contributed by atoms with Crippen LogP contribution in [0.15, 0.2) is 18.5 Å². The highest BCUT2D eigenvalue weighted by molar-refractivity contribution is 7.92. The van der Waals surface area contributed by atoms with Gasteiger partial charge in [-0.15, -0.1) is 4.72 Å². The number of halogens is 1. The first kappa shape index (κ1) is 25.5. The second-order valence-electron chi connectivity index (χ2n) is 9.20. The third-order valence-corrected chi connectivity index (χ3v) is 9.75. The molecule has 178 valence electrons. The molecule has 3 rings (SSSR count). The molecule has 2 atom stereocenters.